The quantitative estimate of drug-likeness (QED) is 0.263. The number of aliphatic hydroxyl groups is 2. The molecule has 0 radical (unpaired) electrons. The number of hydrogen-bond donors (Lipinski definition) is 3. The number of hydrogen-bond acceptors (Lipinski definition) is 5. The van der Waals surface area contributed by atoms with Gasteiger partial charge < -0.3 is 20.1 Å². The van der Waals surface area contributed by atoms with Crippen LogP contribution in [0.4, 0.5) is 0 Å². The topological polar surface area (TPSA) is 104 Å². The molecular formula is C32H50O6. The van der Waals surface area contributed by atoms with E-state index in [1.54, 1.807) is 13.8 Å². The van der Waals surface area contributed by atoms with Gasteiger partial charge in [-0.25, -0.2) is 0 Å². The largest absolute Gasteiger partial charge is 0.481 e. The van der Waals surface area contributed by atoms with Crippen LogP contribution in [0, 0.1) is 23.2 Å². The summed E-state index contributed by atoms with van der Waals surface area (Å²) in [7, 11) is 0. The molecule has 0 aromatic rings. The molecule has 0 unspecified atom stereocenters. The maximum atomic E-state index is 12.2. The van der Waals surface area contributed by atoms with Crippen molar-refractivity contribution < 1.29 is 29.6 Å². The number of carbonyl (C=O) groups excluding carboxylic acids is 1. The Morgan fingerprint density at radius 1 is 1.16 bits per heavy atom. The second-order valence-corrected chi connectivity index (χ2v) is 13.0. The van der Waals surface area contributed by atoms with Crippen LogP contribution in [0.5, 0.6) is 0 Å². The fourth-order valence-electron chi connectivity index (χ4n) is 7.30. The molecule has 3 N–H and O–H groups in total. The van der Waals surface area contributed by atoms with Crippen molar-refractivity contribution in [3.8, 4) is 0 Å². The van der Waals surface area contributed by atoms with Crippen molar-refractivity contribution in [2.24, 2.45) is 23.2 Å². The number of aliphatic carboxylic acids is 1. The first kappa shape index (κ1) is 30.6. The van der Waals surface area contributed by atoms with E-state index >= 15 is 0 Å². The van der Waals surface area contributed by atoms with Crippen LogP contribution >= 0.6 is 0 Å². The van der Waals surface area contributed by atoms with Crippen molar-refractivity contribution in [3.63, 3.8) is 0 Å². The molecule has 38 heavy (non-hydrogen) atoms. The molecule has 0 heterocycles. The first-order valence-corrected chi connectivity index (χ1v) is 14.7. The van der Waals surface area contributed by atoms with E-state index < -0.39 is 17.7 Å². The van der Waals surface area contributed by atoms with Crippen molar-refractivity contribution >= 4 is 11.9 Å². The zero-order valence-corrected chi connectivity index (χ0v) is 24.0. The number of aliphatic hydroxyl groups excluding tert-OH is 1. The first-order chi connectivity index (χ1) is 17.8. The van der Waals surface area contributed by atoms with Gasteiger partial charge in [-0.2, -0.15) is 0 Å². The summed E-state index contributed by atoms with van der Waals surface area (Å²) in [6, 6.07) is 0. The fourth-order valence-corrected chi connectivity index (χ4v) is 7.30. The second kappa shape index (κ2) is 13.0. The molecule has 3 fully saturated rings. The number of carboxylic acids is 1. The van der Waals surface area contributed by atoms with Crippen molar-refractivity contribution in [2.45, 2.75) is 129 Å². The maximum absolute atomic E-state index is 12.2. The number of allylic oxidation sites excluding steroid dienone is 4. The summed E-state index contributed by atoms with van der Waals surface area (Å²) in [5, 5.41) is 29.2. The third kappa shape index (κ3) is 7.81. The Hall–Kier alpha value is -1.92. The van der Waals surface area contributed by atoms with Gasteiger partial charge in [-0.05, 0) is 107 Å². The van der Waals surface area contributed by atoms with Gasteiger partial charge >= 0.3 is 11.9 Å². The molecule has 0 aromatic carbocycles. The van der Waals surface area contributed by atoms with Crippen molar-refractivity contribution in [3.05, 3.63) is 35.5 Å². The molecular weight excluding hydrogens is 480 g/mol. The number of carboxylic acid groups (broad SMARTS) is 1. The molecule has 3 aliphatic rings. The lowest BCUT2D eigenvalue weighted by Crippen LogP contribution is -2.38. The number of ether oxygens (including phenoxy) is 1. The van der Waals surface area contributed by atoms with Gasteiger partial charge in [0.15, 0.2) is 0 Å². The summed E-state index contributed by atoms with van der Waals surface area (Å²) >= 11 is 0. The lowest BCUT2D eigenvalue weighted by atomic mass is 9.60. The van der Waals surface area contributed by atoms with E-state index in [0.29, 0.717) is 37.0 Å². The molecule has 6 heteroatoms. The van der Waals surface area contributed by atoms with Gasteiger partial charge in [0.05, 0.1) is 11.7 Å². The Balaban J connectivity index is 1.62. The molecule has 3 rings (SSSR count). The van der Waals surface area contributed by atoms with Crippen LogP contribution in [-0.2, 0) is 14.3 Å². The zero-order valence-electron chi connectivity index (χ0n) is 24.0. The molecule has 0 aromatic heterocycles. The van der Waals surface area contributed by atoms with Crippen molar-refractivity contribution in [1.29, 1.82) is 0 Å². The van der Waals surface area contributed by atoms with Crippen LogP contribution in [0.15, 0.2) is 35.5 Å². The van der Waals surface area contributed by atoms with Gasteiger partial charge in [-0.3, -0.25) is 9.59 Å². The van der Waals surface area contributed by atoms with Crippen LogP contribution in [0.3, 0.4) is 0 Å². The van der Waals surface area contributed by atoms with E-state index in [0.717, 1.165) is 36.8 Å². The minimum absolute atomic E-state index is 0.0161. The molecule has 0 spiro atoms. The number of esters is 1. The lowest BCUT2D eigenvalue weighted by Gasteiger charge is -2.44. The number of carbonyl (C=O) groups is 2. The van der Waals surface area contributed by atoms with E-state index in [-0.39, 0.29) is 30.3 Å². The van der Waals surface area contributed by atoms with E-state index in [9.17, 15) is 19.8 Å². The highest BCUT2D eigenvalue weighted by Crippen LogP contribution is 2.60. The molecule has 214 valence electrons. The van der Waals surface area contributed by atoms with Crippen molar-refractivity contribution in [1.82, 2.24) is 0 Å². The fraction of sp³-hybridized carbons (Fsp3) is 0.750. The molecule has 0 bridgehead atoms. The summed E-state index contributed by atoms with van der Waals surface area (Å²) in [5.41, 5.74) is 3.00. The standard InChI is InChI=1S/C32H50O6/c1-21-11-15-25(38-30(36)10-6-9-29(34)35)20-24(21)14-13-23-8-7-19-32(5)26(16-17-27(23)32)22(2)12-18-28(33)31(3,4)37/h13-14,22,25-28,33,37H,1,6-12,15-20H2,2-5H3,(H,34,35)/b23-13+,24-14-/t22-,25+,26-,27+,28-,32-/m1/s1. The molecule has 0 amide bonds. The highest BCUT2D eigenvalue weighted by molar-refractivity contribution is 5.71. The minimum Gasteiger partial charge on any atom is -0.481 e. The van der Waals surface area contributed by atoms with E-state index in [4.69, 9.17) is 9.84 Å². The Morgan fingerprint density at radius 2 is 1.89 bits per heavy atom. The third-order valence-electron chi connectivity index (χ3n) is 9.67. The smallest absolute Gasteiger partial charge is 0.306 e. The summed E-state index contributed by atoms with van der Waals surface area (Å²) in [6.45, 7) is 12.4. The molecule has 6 atom stereocenters. The third-order valence-corrected chi connectivity index (χ3v) is 9.67. The van der Waals surface area contributed by atoms with Crippen LogP contribution in [0.1, 0.15) is 111 Å². The molecule has 3 saturated carbocycles. The minimum atomic E-state index is -1.06. The Labute approximate surface area is 229 Å². The monoisotopic (exact) mass is 530 g/mol. The van der Waals surface area contributed by atoms with Gasteiger partial charge in [0.1, 0.15) is 6.10 Å². The highest BCUT2D eigenvalue weighted by Gasteiger charge is 2.50. The Bertz CT molecular complexity index is 925. The van der Waals surface area contributed by atoms with E-state index in [2.05, 4.69) is 32.6 Å². The van der Waals surface area contributed by atoms with Gasteiger partial charge in [-0.1, -0.05) is 43.7 Å². The molecule has 3 aliphatic carbocycles. The van der Waals surface area contributed by atoms with Crippen LogP contribution < -0.4 is 0 Å². The molecule has 6 nitrogen and oxygen atoms in total. The Kier molecular flexibility index (Phi) is 10.4. The zero-order chi connectivity index (χ0) is 28.1. The van der Waals surface area contributed by atoms with Crippen LogP contribution in [-0.4, -0.2) is 45.1 Å². The van der Waals surface area contributed by atoms with Crippen LogP contribution in [0.25, 0.3) is 0 Å². The predicted octanol–water partition coefficient (Wildman–Crippen LogP) is 6.51. The van der Waals surface area contributed by atoms with Gasteiger partial charge in [0, 0.05) is 19.3 Å². The second-order valence-electron chi connectivity index (χ2n) is 13.0. The average Bonchev–Trinajstić information content (AvgIpc) is 3.19. The summed E-state index contributed by atoms with van der Waals surface area (Å²) < 4.78 is 5.66. The molecule has 0 saturated heterocycles. The SMILES string of the molecule is C=C1CC[C@H](OC(=O)CCCC(=O)O)C/C1=C/C=C1\CCC[C@]2(C)[C@@H]([C@H](C)CC[C@@H](O)C(C)(C)O)CC[C@@H]12. The molecule has 0 aliphatic heterocycles. The highest BCUT2D eigenvalue weighted by atomic mass is 16.5. The number of fused-ring (bicyclic) bond motifs is 1. The number of rotatable bonds is 11. The normalized spacial score (nSPS) is 31.7. The van der Waals surface area contributed by atoms with Gasteiger partial charge in [-0.15, -0.1) is 0 Å². The Morgan fingerprint density at radius 3 is 2.58 bits per heavy atom. The van der Waals surface area contributed by atoms with Crippen molar-refractivity contribution in [2.75, 3.05) is 0 Å². The summed E-state index contributed by atoms with van der Waals surface area (Å²) in [6.07, 6.45) is 13.9. The maximum Gasteiger partial charge on any atom is 0.306 e. The first-order valence-electron chi connectivity index (χ1n) is 14.7. The van der Waals surface area contributed by atoms with E-state index in [1.165, 1.54) is 31.3 Å². The van der Waals surface area contributed by atoms with Gasteiger partial charge in [0.25, 0.3) is 0 Å². The van der Waals surface area contributed by atoms with Crippen LogP contribution in [0.2, 0.25) is 0 Å². The average molecular weight is 531 g/mol. The van der Waals surface area contributed by atoms with Gasteiger partial charge in [0.2, 0.25) is 0 Å². The summed E-state index contributed by atoms with van der Waals surface area (Å²) in [4.78, 5) is 22.9. The lowest BCUT2D eigenvalue weighted by molar-refractivity contribution is -0.149. The summed E-state index contributed by atoms with van der Waals surface area (Å²) in [5.74, 6) is 0.484. The predicted molar refractivity (Wildman–Crippen MR) is 149 cm³/mol. The van der Waals surface area contributed by atoms with E-state index in [1.807, 2.05) is 0 Å².